The summed E-state index contributed by atoms with van der Waals surface area (Å²) in [4.78, 5) is 12.8. The number of fused-ring (bicyclic) bond motifs is 1. The summed E-state index contributed by atoms with van der Waals surface area (Å²) >= 11 is 1.35. The largest absolute Gasteiger partial charge is 0.378 e. The first-order valence-corrected chi connectivity index (χ1v) is 12.6. The quantitative estimate of drug-likeness (QED) is 0.318. The fraction of sp³-hybridized carbons (Fsp3) is 0.269. The summed E-state index contributed by atoms with van der Waals surface area (Å²) in [5, 5.41) is 17.7. The van der Waals surface area contributed by atoms with E-state index in [1.165, 1.54) is 23.9 Å². The highest BCUT2D eigenvalue weighted by molar-refractivity contribution is 7.99. The number of anilines is 2. The van der Waals surface area contributed by atoms with E-state index >= 15 is 0 Å². The molecule has 2 heterocycles. The van der Waals surface area contributed by atoms with Gasteiger partial charge in [0.25, 0.3) is 0 Å². The Hall–Kier alpha value is -3.43. The lowest BCUT2D eigenvalue weighted by Crippen LogP contribution is -2.20. The van der Waals surface area contributed by atoms with Crippen LogP contribution in [-0.4, -0.2) is 39.1 Å². The molecular formula is C26H26FN5O2S. The van der Waals surface area contributed by atoms with Gasteiger partial charge in [-0.25, -0.2) is 4.39 Å². The first kappa shape index (κ1) is 23.3. The van der Waals surface area contributed by atoms with Crippen LogP contribution in [0.5, 0.6) is 0 Å². The van der Waals surface area contributed by atoms with E-state index in [0.29, 0.717) is 18.2 Å². The van der Waals surface area contributed by atoms with Crippen molar-refractivity contribution in [2.75, 3.05) is 23.0 Å². The molecule has 35 heavy (non-hydrogen) atoms. The average Bonchev–Trinajstić information content (AvgIpc) is 3.53. The van der Waals surface area contributed by atoms with Gasteiger partial charge in [-0.1, -0.05) is 48.2 Å². The molecule has 1 fully saturated rings. The van der Waals surface area contributed by atoms with Gasteiger partial charge in [0.15, 0.2) is 11.0 Å². The maximum Gasteiger partial charge on any atom is 0.234 e. The van der Waals surface area contributed by atoms with E-state index < -0.39 is 0 Å². The number of carbonyl (C=O) groups is 1. The number of halogens is 1. The smallest absolute Gasteiger partial charge is 0.234 e. The Kier molecular flexibility index (Phi) is 7.25. The Morgan fingerprint density at radius 3 is 2.74 bits per heavy atom. The molecule has 1 amide bonds. The molecule has 7 nitrogen and oxygen atoms in total. The van der Waals surface area contributed by atoms with Crippen molar-refractivity contribution in [2.45, 2.75) is 37.2 Å². The third-order valence-electron chi connectivity index (χ3n) is 5.89. The van der Waals surface area contributed by atoms with Crippen LogP contribution in [0.25, 0.3) is 10.8 Å². The molecule has 1 aliphatic rings. The van der Waals surface area contributed by atoms with Crippen LogP contribution in [0.2, 0.25) is 0 Å². The van der Waals surface area contributed by atoms with Crippen LogP contribution in [0.3, 0.4) is 0 Å². The third kappa shape index (κ3) is 5.80. The van der Waals surface area contributed by atoms with Crippen molar-refractivity contribution in [3.63, 3.8) is 0 Å². The number of benzene rings is 3. The zero-order valence-electron chi connectivity index (χ0n) is 19.1. The number of thioether (sulfide) groups is 1. The number of hydrogen-bond acceptors (Lipinski definition) is 6. The van der Waals surface area contributed by atoms with Gasteiger partial charge in [-0.05, 0) is 48.6 Å². The van der Waals surface area contributed by atoms with Gasteiger partial charge >= 0.3 is 0 Å². The predicted octanol–water partition coefficient (Wildman–Crippen LogP) is 5.09. The van der Waals surface area contributed by atoms with Gasteiger partial charge in [0.1, 0.15) is 5.82 Å². The Morgan fingerprint density at radius 2 is 1.91 bits per heavy atom. The van der Waals surface area contributed by atoms with Crippen molar-refractivity contribution in [3.8, 4) is 0 Å². The number of hydrogen-bond donors (Lipinski definition) is 2. The summed E-state index contributed by atoms with van der Waals surface area (Å²) in [6.45, 7) is 1.81. The van der Waals surface area contributed by atoms with E-state index in [2.05, 4.69) is 20.8 Å². The normalized spacial score (nSPS) is 15.4. The summed E-state index contributed by atoms with van der Waals surface area (Å²) in [6.07, 6.45) is 2.11. The topological polar surface area (TPSA) is 81.1 Å². The second-order valence-corrected chi connectivity index (χ2v) is 9.31. The molecule has 4 aromatic rings. The molecular weight excluding hydrogens is 465 g/mol. The van der Waals surface area contributed by atoms with Crippen LogP contribution < -0.4 is 10.6 Å². The lowest BCUT2D eigenvalue weighted by molar-refractivity contribution is -0.113. The minimum absolute atomic E-state index is 0.0967. The van der Waals surface area contributed by atoms with Crippen molar-refractivity contribution in [3.05, 3.63) is 78.4 Å². The van der Waals surface area contributed by atoms with Gasteiger partial charge in [0.2, 0.25) is 5.91 Å². The van der Waals surface area contributed by atoms with E-state index in [4.69, 9.17) is 4.74 Å². The van der Waals surface area contributed by atoms with Crippen LogP contribution >= 0.6 is 11.8 Å². The Bertz CT molecular complexity index is 1300. The molecule has 5 rings (SSSR count). The molecule has 9 heteroatoms. The molecule has 2 N–H and O–H groups in total. The van der Waals surface area contributed by atoms with Crippen molar-refractivity contribution in [2.24, 2.45) is 0 Å². The number of ether oxygens (including phenoxy) is 1. The average molecular weight is 492 g/mol. The molecule has 3 aromatic carbocycles. The molecule has 1 aliphatic heterocycles. The lowest BCUT2D eigenvalue weighted by Gasteiger charge is -2.15. The highest BCUT2D eigenvalue weighted by Gasteiger charge is 2.21. The first-order valence-electron chi connectivity index (χ1n) is 11.6. The van der Waals surface area contributed by atoms with Gasteiger partial charge < -0.3 is 19.9 Å². The monoisotopic (exact) mass is 491 g/mol. The fourth-order valence-corrected chi connectivity index (χ4v) is 4.90. The van der Waals surface area contributed by atoms with E-state index in [1.54, 1.807) is 12.1 Å². The van der Waals surface area contributed by atoms with Crippen molar-refractivity contribution < 1.29 is 13.9 Å². The van der Waals surface area contributed by atoms with Crippen molar-refractivity contribution in [1.82, 2.24) is 14.8 Å². The summed E-state index contributed by atoms with van der Waals surface area (Å²) < 4.78 is 21.1. The molecule has 1 aromatic heterocycles. The highest BCUT2D eigenvalue weighted by Crippen LogP contribution is 2.25. The maximum atomic E-state index is 13.2. The summed E-state index contributed by atoms with van der Waals surface area (Å²) in [5.74, 6) is 0.557. The van der Waals surface area contributed by atoms with E-state index in [-0.39, 0.29) is 23.6 Å². The van der Waals surface area contributed by atoms with E-state index in [0.717, 1.165) is 47.4 Å². The van der Waals surface area contributed by atoms with Crippen LogP contribution in [0.1, 0.15) is 18.7 Å². The van der Waals surface area contributed by atoms with Crippen molar-refractivity contribution >= 4 is 39.8 Å². The van der Waals surface area contributed by atoms with Gasteiger partial charge in [-0.3, -0.25) is 4.79 Å². The summed E-state index contributed by atoms with van der Waals surface area (Å²) in [7, 11) is 0. The molecule has 0 unspecified atom stereocenters. The second-order valence-electron chi connectivity index (χ2n) is 8.37. The van der Waals surface area contributed by atoms with Crippen LogP contribution in [0.15, 0.2) is 71.9 Å². The molecule has 0 radical (unpaired) electrons. The maximum absolute atomic E-state index is 13.2. The van der Waals surface area contributed by atoms with Crippen LogP contribution in [0.4, 0.5) is 15.8 Å². The molecule has 1 atom stereocenters. The standard InChI is InChI=1S/C26H26FN5O2S/c27-19-10-12-20(13-11-19)28-15-24-30-31-26(32(24)16-21-7-4-14-34-21)35-17-25(33)29-23-9-3-6-18-5-1-2-8-22(18)23/h1-3,5-6,8-13,21,28H,4,7,14-17H2,(H,29,33)/t21-/m1/s1. The minimum Gasteiger partial charge on any atom is -0.378 e. The highest BCUT2D eigenvalue weighted by atomic mass is 32.2. The molecule has 0 spiro atoms. The Morgan fingerprint density at radius 1 is 1.09 bits per heavy atom. The number of nitrogens with one attached hydrogen (secondary N) is 2. The number of carbonyl (C=O) groups excluding carboxylic acids is 1. The number of nitrogens with zero attached hydrogens (tertiary/aromatic N) is 3. The molecule has 0 saturated carbocycles. The van der Waals surface area contributed by atoms with Gasteiger partial charge in [-0.15, -0.1) is 10.2 Å². The van der Waals surface area contributed by atoms with E-state index in [1.807, 2.05) is 47.0 Å². The number of aromatic nitrogens is 3. The molecule has 0 aliphatic carbocycles. The van der Waals surface area contributed by atoms with Gasteiger partial charge in [0, 0.05) is 23.4 Å². The number of amides is 1. The lowest BCUT2D eigenvalue weighted by atomic mass is 10.1. The van der Waals surface area contributed by atoms with Crippen molar-refractivity contribution in [1.29, 1.82) is 0 Å². The number of rotatable bonds is 9. The Labute approximate surface area is 207 Å². The molecule has 180 valence electrons. The summed E-state index contributed by atoms with van der Waals surface area (Å²) in [6, 6.07) is 20.0. The third-order valence-corrected chi connectivity index (χ3v) is 6.86. The molecule has 0 bridgehead atoms. The fourth-order valence-electron chi connectivity index (χ4n) is 4.13. The van der Waals surface area contributed by atoms with E-state index in [9.17, 15) is 9.18 Å². The minimum atomic E-state index is -0.280. The predicted molar refractivity (Wildman–Crippen MR) is 136 cm³/mol. The van der Waals surface area contributed by atoms with Gasteiger partial charge in [-0.2, -0.15) is 0 Å². The second kappa shape index (κ2) is 10.9. The SMILES string of the molecule is O=C(CSc1nnc(CNc2ccc(F)cc2)n1C[C@H]1CCCO1)Nc1cccc2ccccc12. The Balaban J connectivity index is 1.27. The zero-order chi connectivity index (χ0) is 24.0. The van der Waals surface area contributed by atoms with Gasteiger partial charge in [0.05, 0.1) is 24.9 Å². The first-order chi connectivity index (χ1) is 17.2. The zero-order valence-corrected chi connectivity index (χ0v) is 19.9. The molecule has 1 saturated heterocycles. The van der Waals surface area contributed by atoms with Crippen LogP contribution in [-0.2, 0) is 22.6 Å². The van der Waals surface area contributed by atoms with Crippen LogP contribution in [0, 0.1) is 5.82 Å². The summed E-state index contributed by atoms with van der Waals surface area (Å²) in [5.41, 5.74) is 1.58.